The number of nitrogens with one attached hydrogen (secondary N) is 1. The highest BCUT2D eigenvalue weighted by atomic mass is 32.2. The number of anilines is 1. The first-order chi connectivity index (χ1) is 14.6. The molecule has 1 aromatic heterocycles. The molecule has 30 heavy (non-hydrogen) atoms. The van der Waals surface area contributed by atoms with Crippen LogP contribution in [0.5, 0.6) is 5.88 Å². The molecule has 0 radical (unpaired) electrons. The van der Waals surface area contributed by atoms with Crippen LogP contribution in [0.25, 0.3) is 11.3 Å². The van der Waals surface area contributed by atoms with E-state index in [0.717, 1.165) is 11.1 Å². The first kappa shape index (κ1) is 19.6. The number of nitrogens with zero attached hydrogens (tertiary/aromatic N) is 2. The predicted octanol–water partition coefficient (Wildman–Crippen LogP) is 4.52. The van der Waals surface area contributed by atoms with Crippen LogP contribution in [0.15, 0.2) is 102 Å². The molecule has 0 bridgehead atoms. The van der Waals surface area contributed by atoms with Crippen molar-refractivity contribution < 1.29 is 13.2 Å². The second kappa shape index (κ2) is 8.75. The van der Waals surface area contributed by atoms with Crippen molar-refractivity contribution in [1.82, 2.24) is 9.97 Å². The molecule has 6 nitrogen and oxygen atoms in total. The molecule has 0 spiro atoms. The molecule has 1 N–H and O–H groups in total. The Kier molecular flexibility index (Phi) is 5.72. The summed E-state index contributed by atoms with van der Waals surface area (Å²) in [4.78, 5) is 8.78. The molecule has 3 aromatic carbocycles. The highest BCUT2D eigenvalue weighted by Gasteiger charge is 2.17. The van der Waals surface area contributed by atoms with Crippen molar-refractivity contribution in [3.63, 3.8) is 0 Å². The summed E-state index contributed by atoms with van der Waals surface area (Å²) < 4.78 is 33.7. The molecule has 150 valence electrons. The fourth-order valence-corrected chi connectivity index (χ4v) is 3.78. The van der Waals surface area contributed by atoms with E-state index in [1.807, 2.05) is 60.7 Å². The molecular weight excluding hydrogens is 398 g/mol. The zero-order chi connectivity index (χ0) is 20.8. The minimum Gasteiger partial charge on any atom is -0.473 e. The van der Waals surface area contributed by atoms with E-state index in [1.165, 1.54) is 12.1 Å². The van der Waals surface area contributed by atoms with Gasteiger partial charge in [0, 0.05) is 11.6 Å². The van der Waals surface area contributed by atoms with Gasteiger partial charge in [0.05, 0.1) is 10.6 Å². The van der Waals surface area contributed by atoms with Gasteiger partial charge in [0.15, 0.2) is 0 Å². The Bertz CT molecular complexity index is 1220. The number of ether oxygens (including phenoxy) is 1. The number of sulfonamides is 1. The summed E-state index contributed by atoms with van der Waals surface area (Å²) >= 11 is 0. The van der Waals surface area contributed by atoms with Crippen LogP contribution in [-0.2, 0) is 16.6 Å². The average molecular weight is 417 g/mol. The average Bonchev–Trinajstić information content (AvgIpc) is 2.79. The smallest absolute Gasteiger partial charge is 0.264 e. The van der Waals surface area contributed by atoms with Crippen LogP contribution < -0.4 is 9.46 Å². The fourth-order valence-electron chi connectivity index (χ4n) is 2.81. The number of aromatic nitrogens is 2. The number of benzene rings is 3. The van der Waals surface area contributed by atoms with Crippen LogP contribution in [0.2, 0.25) is 0 Å². The minimum atomic E-state index is -3.83. The van der Waals surface area contributed by atoms with Crippen LogP contribution in [-0.4, -0.2) is 18.4 Å². The number of hydrogen-bond donors (Lipinski definition) is 1. The molecule has 0 aliphatic heterocycles. The lowest BCUT2D eigenvalue weighted by atomic mass is 10.1. The van der Waals surface area contributed by atoms with Gasteiger partial charge in [-0.1, -0.05) is 78.9 Å². The Morgan fingerprint density at radius 3 is 2.03 bits per heavy atom. The normalized spacial score (nSPS) is 11.1. The zero-order valence-electron chi connectivity index (χ0n) is 16.0. The maximum Gasteiger partial charge on any atom is 0.264 e. The summed E-state index contributed by atoms with van der Waals surface area (Å²) in [6, 6.07) is 28.9. The van der Waals surface area contributed by atoms with E-state index < -0.39 is 10.0 Å². The van der Waals surface area contributed by atoms with Gasteiger partial charge in [-0.2, -0.15) is 4.98 Å². The zero-order valence-corrected chi connectivity index (χ0v) is 16.8. The largest absolute Gasteiger partial charge is 0.473 e. The van der Waals surface area contributed by atoms with Gasteiger partial charge >= 0.3 is 0 Å². The monoisotopic (exact) mass is 417 g/mol. The van der Waals surface area contributed by atoms with Crippen molar-refractivity contribution in [1.29, 1.82) is 0 Å². The standard InChI is InChI=1S/C23H19N3O3S/c27-30(28,20-14-8-3-9-15-20)26-23-24-21(19-12-6-2-7-13-19)16-22(25-23)29-17-18-10-4-1-5-11-18/h1-16H,17H2,(H,24,25,26). The van der Waals surface area contributed by atoms with E-state index in [-0.39, 0.29) is 16.7 Å². The van der Waals surface area contributed by atoms with E-state index >= 15 is 0 Å². The Balaban J connectivity index is 1.67. The summed E-state index contributed by atoms with van der Waals surface area (Å²) in [7, 11) is -3.83. The van der Waals surface area contributed by atoms with Crippen LogP contribution in [0.1, 0.15) is 5.56 Å². The van der Waals surface area contributed by atoms with Gasteiger partial charge in [-0.15, -0.1) is 0 Å². The van der Waals surface area contributed by atoms with Gasteiger partial charge in [-0.25, -0.2) is 18.1 Å². The molecule has 0 unspecified atom stereocenters. The topological polar surface area (TPSA) is 81.2 Å². The third-order valence-electron chi connectivity index (χ3n) is 4.28. The van der Waals surface area contributed by atoms with Gasteiger partial charge in [0.1, 0.15) is 6.61 Å². The van der Waals surface area contributed by atoms with E-state index in [1.54, 1.807) is 24.3 Å². The van der Waals surface area contributed by atoms with E-state index in [4.69, 9.17) is 4.74 Å². The lowest BCUT2D eigenvalue weighted by Crippen LogP contribution is -2.15. The van der Waals surface area contributed by atoms with Crippen molar-refractivity contribution in [2.75, 3.05) is 4.72 Å². The fraction of sp³-hybridized carbons (Fsp3) is 0.0435. The lowest BCUT2D eigenvalue weighted by molar-refractivity contribution is 0.294. The van der Waals surface area contributed by atoms with Gasteiger partial charge in [0.2, 0.25) is 11.8 Å². The molecule has 0 fully saturated rings. The molecule has 0 aliphatic carbocycles. The van der Waals surface area contributed by atoms with Gasteiger partial charge in [0.25, 0.3) is 10.0 Å². The van der Waals surface area contributed by atoms with E-state index in [9.17, 15) is 8.42 Å². The molecule has 7 heteroatoms. The van der Waals surface area contributed by atoms with Gasteiger partial charge < -0.3 is 4.74 Å². The first-order valence-corrected chi connectivity index (χ1v) is 10.8. The Morgan fingerprint density at radius 1 is 0.767 bits per heavy atom. The maximum absolute atomic E-state index is 12.7. The summed E-state index contributed by atoms with van der Waals surface area (Å²) in [6.45, 7) is 0.303. The highest BCUT2D eigenvalue weighted by molar-refractivity contribution is 7.92. The van der Waals surface area contributed by atoms with Crippen LogP contribution in [0, 0.1) is 0 Å². The Morgan fingerprint density at radius 2 is 1.37 bits per heavy atom. The van der Waals surface area contributed by atoms with Gasteiger partial charge in [-0.3, -0.25) is 0 Å². The van der Waals surface area contributed by atoms with Crippen molar-refractivity contribution in [3.8, 4) is 17.1 Å². The molecule has 0 aliphatic rings. The molecule has 0 saturated heterocycles. The summed E-state index contributed by atoms with van der Waals surface area (Å²) in [5.41, 5.74) is 2.35. The second-order valence-electron chi connectivity index (χ2n) is 6.47. The molecule has 1 heterocycles. The van der Waals surface area contributed by atoms with E-state index in [2.05, 4.69) is 14.7 Å². The maximum atomic E-state index is 12.7. The SMILES string of the molecule is O=S(=O)(Nc1nc(OCc2ccccc2)cc(-c2ccccc2)n1)c1ccccc1. The molecule has 0 atom stereocenters. The van der Waals surface area contributed by atoms with E-state index in [0.29, 0.717) is 12.3 Å². The number of rotatable bonds is 7. The molecule has 0 saturated carbocycles. The van der Waals surface area contributed by atoms with Crippen LogP contribution >= 0.6 is 0 Å². The second-order valence-corrected chi connectivity index (χ2v) is 8.16. The predicted molar refractivity (Wildman–Crippen MR) is 115 cm³/mol. The highest BCUT2D eigenvalue weighted by Crippen LogP contribution is 2.24. The van der Waals surface area contributed by atoms with Crippen LogP contribution in [0.4, 0.5) is 5.95 Å². The molecule has 0 amide bonds. The first-order valence-electron chi connectivity index (χ1n) is 9.29. The quantitative estimate of drug-likeness (QED) is 0.478. The van der Waals surface area contributed by atoms with Crippen molar-refractivity contribution >= 4 is 16.0 Å². The third kappa shape index (κ3) is 4.82. The lowest BCUT2D eigenvalue weighted by Gasteiger charge is -2.11. The summed E-state index contributed by atoms with van der Waals surface area (Å²) in [5, 5.41) is 0. The summed E-state index contributed by atoms with van der Waals surface area (Å²) in [5.74, 6) is 0.224. The number of hydrogen-bond acceptors (Lipinski definition) is 5. The molecule has 4 rings (SSSR count). The molecule has 4 aromatic rings. The van der Waals surface area contributed by atoms with Gasteiger partial charge in [-0.05, 0) is 17.7 Å². The third-order valence-corrected chi connectivity index (χ3v) is 5.62. The van der Waals surface area contributed by atoms with Crippen molar-refractivity contribution in [2.45, 2.75) is 11.5 Å². The minimum absolute atomic E-state index is 0.0525. The van der Waals surface area contributed by atoms with Crippen molar-refractivity contribution in [2.24, 2.45) is 0 Å². The van der Waals surface area contributed by atoms with Crippen LogP contribution in [0.3, 0.4) is 0 Å². The summed E-state index contributed by atoms with van der Waals surface area (Å²) in [6.07, 6.45) is 0. The van der Waals surface area contributed by atoms with Crippen molar-refractivity contribution in [3.05, 3.63) is 103 Å². The Hall–Kier alpha value is -3.71. The Labute approximate surface area is 175 Å². The molecular formula is C23H19N3O3S.